The fourth-order valence-electron chi connectivity index (χ4n) is 3.88. The van der Waals surface area contributed by atoms with Crippen LogP contribution in [-0.2, 0) is 4.79 Å². The quantitative estimate of drug-likeness (QED) is 0.868. The summed E-state index contributed by atoms with van der Waals surface area (Å²) in [5, 5.41) is 7.41. The predicted molar refractivity (Wildman–Crippen MR) is 94.0 cm³/mol. The van der Waals surface area contributed by atoms with Crippen LogP contribution in [0.15, 0.2) is 41.7 Å². The molecule has 0 spiro atoms. The Bertz CT molecular complexity index is 974. The lowest BCUT2D eigenvalue weighted by Crippen LogP contribution is -2.37. The molecule has 1 aliphatic heterocycles. The van der Waals surface area contributed by atoms with E-state index >= 15 is 0 Å². The van der Waals surface area contributed by atoms with Gasteiger partial charge in [0.25, 0.3) is 5.91 Å². The summed E-state index contributed by atoms with van der Waals surface area (Å²) in [5.41, 5.74) is 6.99. The van der Waals surface area contributed by atoms with E-state index in [1.807, 2.05) is 13.8 Å². The van der Waals surface area contributed by atoms with Gasteiger partial charge in [-0.25, -0.2) is 9.07 Å². The number of nitrogens with zero attached hydrogens (tertiary/aromatic N) is 2. The van der Waals surface area contributed by atoms with Gasteiger partial charge in [-0.15, -0.1) is 0 Å². The minimum atomic E-state index is -0.723. The molecule has 1 aromatic carbocycles. The molecule has 0 saturated carbocycles. The molecule has 0 bridgehead atoms. The standard InChI is InChI=1S/C19H19FN4O2/c1-19(2)7-13-15(14(25)8-19)16(10-5-3-4-6-12(10)20)24-18(23-13)11(9-22-24)17(21)26/h3-6,9,16,23H,7-8H2,1-2H3,(H2,21,26). The molecular weight excluding hydrogens is 335 g/mol. The van der Waals surface area contributed by atoms with E-state index in [2.05, 4.69) is 10.4 Å². The maximum atomic E-state index is 14.6. The molecule has 0 saturated heterocycles. The molecule has 1 aromatic heterocycles. The number of anilines is 1. The molecule has 1 unspecified atom stereocenters. The number of ketones is 1. The first-order valence-corrected chi connectivity index (χ1v) is 8.43. The minimum absolute atomic E-state index is 0.0428. The second-order valence-electron chi connectivity index (χ2n) is 7.60. The zero-order valence-corrected chi connectivity index (χ0v) is 14.5. The van der Waals surface area contributed by atoms with Crippen molar-refractivity contribution < 1.29 is 14.0 Å². The van der Waals surface area contributed by atoms with Gasteiger partial charge in [-0.05, 0) is 17.9 Å². The molecule has 2 aromatic rings. The lowest BCUT2D eigenvalue weighted by atomic mass is 9.73. The van der Waals surface area contributed by atoms with Gasteiger partial charge in [-0.3, -0.25) is 9.59 Å². The number of amides is 1. The van der Waals surface area contributed by atoms with Crippen molar-refractivity contribution in [3.05, 3.63) is 58.7 Å². The van der Waals surface area contributed by atoms with Crippen LogP contribution in [0, 0.1) is 11.2 Å². The maximum Gasteiger partial charge on any atom is 0.254 e. The van der Waals surface area contributed by atoms with Gasteiger partial charge in [0.1, 0.15) is 23.2 Å². The second kappa shape index (κ2) is 5.52. The number of fused-ring (bicyclic) bond motifs is 1. The Balaban J connectivity index is 1.97. The van der Waals surface area contributed by atoms with Gasteiger partial charge in [0.05, 0.1) is 6.20 Å². The molecule has 1 amide bonds. The van der Waals surface area contributed by atoms with Gasteiger partial charge in [-0.2, -0.15) is 5.10 Å². The molecule has 134 valence electrons. The summed E-state index contributed by atoms with van der Waals surface area (Å²) >= 11 is 0. The molecule has 7 heteroatoms. The number of hydrogen-bond donors (Lipinski definition) is 2. The Hall–Kier alpha value is -2.96. The molecular formula is C19H19FN4O2. The van der Waals surface area contributed by atoms with Crippen LogP contribution in [0.1, 0.15) is 48.7 Å². The number of halogens is 1. The maximum absolute atomic E-state index is 14.6. The van der Waals surface area contributed by atoms with E-state index < -0.39 is 17.8 Å². The normalized spacial score (nSPS) is 21.0. The van der Waals surface area contributed by atoms with Gasteiger partial charge >= 0.3 is 0 Å². The van der Waals surface area contributed by atoms with Gasteiger partial charge in [-0.1, -0.05) is 32.0 Å². The van der Waals surface area contributed by atoms with E-state index in [0.717, 1.165) is 0 Å². The van der Waals surface area contributed by atoms with Gasteiger partial charge in [0, 0.05) is 23.3 Å². The molecule has 2 heterocycles. The molecule has 1 aliphatic carbocycles. The summed E-state index contributed by atoms with van der Waals surface area (Å²) in [7, 11) is 0. The summed E-state index contributed by atoms with van der Waals surface area (Å²) < 4.78 is 16.1. The molecule has 2 aliphatic rings. The highest BCUT2D eigenvalue weighted by Crippen LogP contribution is 2.46. The highest BCUT2D eigenvalue weighted by Gasteiger charge is 2.42. The lowest BCUT2D eigenvalue weighted by Gasteiger charge is -2.39. The zero-order valence-electron chi connectivity index (χ0n) is 14.5. The highest BCUT2D eigenvalue weighted by atomic mass is 19.1. The molecule has 6 nitrogen and oxygen atoms in total. The number of allylic oxidation sites excluding steroid dienone is 2. The van der Waals surface area contributed by atoms with Crippen molar-refractivity contribution in [1.82, 2.24) is 9.78 Å². The third-order valence-corrected chi connectivity index (χ3v) is 4.97. The number of nitrogens with one attached hydrogen (secondary N) is 1. The van der Waals surface area contributed by atoms with Crippen LogP contribution in [0.5, 0.6) is 0 Å². The summed E-state index contributed by atoms with van der Waals surface area (Å²) in [6.07, 6.45) is 2.34. The van der Waals surface area contributed by atoms with E-state index in [0.29, 0.717) is 35.5 Å². The number of aromatic nitrogens is 2. The monoisotopic (exact) mass is 354 g/mol. The van der Waals surface area contributed by atoms with Gasteiger partial charge in [0.15, 0.2) is 5.78 Å². The fraction of sp³-hybridized carbons (Fsp3) is 0.316. The Morgan fingerprint density at radius 3 is 2.77 bits per heavy atom. The molecule has 3 N–H and O–H groups in total. The van der Waals surface area contributed by atoms with Crippen molar-refractivity contribution in [3.63, 3.8) is 0 Å². The van der Waals surface area contributed by atoms with E-state index in [9.17, 15) is 14.0 Å². The first-order valence-electron chi connectivity index (χ1n) is 8.43. The van der Waals surface area contributed by atoms with Crippen molar-refractivity contribution in [2.75, 3.05) is 5.32 Å². The largest absolute Gasteiger partial charge is 0.365 e. The third kappa shape index (κ3) is 2.42. The molecule has 1 atom stereocenters. The van der Waals surface area contributed by atoms with Crippen LogP contribution >= 0.6 is 0 Å². The van der Waals surface area contributed by atoms with E-state index in [4.69, 9.17) is 5.73 Å². The van der Waals surface area contributed by atoms with Crippen LogP contribution in [-0.4, -0.2) is 21.5 Å². The predicted octanol–water partition coefficient (Wildman–Crippen LogP) is 2.78. The molecule has 4 rings (SSSR count). The van der Waals surface area contributed by atoms with Crippen molar-refractivity contribution in [3.8, 4) is 0 Å². The van der Waals surface area contributed by atoms with Gasteiger partial charge in [0.2, 0.25) is 0 Å². The number of hydrogen-bond acceptors (Lipinski definition) is 4. The summed E-state index contributed by atoms with van der Waals surface area (Å²) in [6, 6.07) is 5.58. The number of carbonyl (C=O) groups excluding carboxylic acids is 2. The van der Waals surface area contributed by atoms with Crippen LogP contribution in [0.2, 0.25) is 0 Å². The topological polar surface area (TPSA) is 90.0 Å². The van der Waals surface area contributed by atoms with E-state index in [-0.39, 0.29) is 16.8 Å². The minimum Gasteiger partial charge on any atom is -0.365 e. The Morgan fingerprint density at radius 1 is 1.35 bits per heavy atom. The highest BCUT2D eigenvalue weighted by molar-refractivity contribution is 6.02. The molecule has 0 fully saturated rings. The van der Waals surface area contributed by atoms with Crippen LogP contribution < -0.4 is 11.1 Å². The Morgan fingerprint density at radius 2 is 2.08 bits per heavy atom. The number of Topliss-reactive ketones (excluding diaryl/α,β-unsaturated/α-hetero) is 1. The van der Waals surface area contributed by atoms with Crippen molar-refractivity contribution >= 4 is 17.5 Å². The first-order chi connectivity index (χ1) is 12.3. The third-order valence-electron chi connectivity index (χ3n) is 4.97. The molecule has 0 radical (unpaired) electrons. The summed E-state index contributed by atoms with van der Waals surface area (Å²) in [5.74, 6) is -0.698. The van der Waals surface area contributed by atoms with Gasteiger partial charge < -0.3 is 11.1 Å². The number of carbonyl (C=O) groups is 2. The van der Waals surface area contributed by atoms with Crippen molar-refractivity contribution in [1.29, 1.82) is 0 Å². The number of benzene rings is 1. The fourth-order valence-corrected chi connectivity index (χ4v) is 3.88. The zero-order chi connectivity index (χ0) is 18.6. The van der Waals surface area contributed by atoms with E-state index in [1.54, 1.807) is 18.2 Å². The lowest BCUT2D eigenvalue weighted by molar-refractivity contribution is -0.118. The summed E-state index contributed by atoms with van der Waals surface area (Å²) in [4.78, 5) is 24.7. The summed E-state index contributed by atoms with van der Waals surface area (Å²) in [6.45, 7) is 4.02. The smallest absolute Gasteiger partial charge is 0.254 e. The SMILES string of the molecule is CC1(C)CC(=O)C2=C(C1)Nc1c(C(N)=O)cnn1C2c1ccccc1F. The number of nitrogens with two attached hydrogens (primary N) is 1. The average molecular weight is 354 g/mol. The van der Waals surface area contributed by atoms with Crippen LogP contribution in [0.4, 0.5) is 10.2 Å². The van der Waals surface area contributed by atoms with Crippen molar-refractivity contribution in [2.24, 2.45) is 11.1 Å². The second-order valence-corrected chi connectivity index (χ2v) is 7.60. The van der Waals surface area contributed by atoms with Crippen LogP contribution in [0.25, 0.3) is 0 Å². The number of primary amides is 1. The first kappa shape index (κ1) is 16.5. The Kier molecular flexibility index (Phi) is 3.50. The average Bonchev–Trinajstić information content (AvgIpc) is 2.96. The van der Waals surface area contributed by atoms with E-state index in [1.165, 1.54) is 16.9 Å². The number of rotatable bonds is 2. The Labute approximate surface area is 149 Å². The van der Waals surface area contributed by atoms with Crippen molar-refractivity contribution in [2.45, 2.75) is 32.7 Å². The molecule has 26 heavy (non-hydrogen) atoms. The van der Waals surface area contributed by atoms with Crippen LogP contribution in [0.3, 0.4) is 0 Å².